The van der Waals surface area contributed by atoms with Gasteiger partial charge in [0.1, 0.15) is 17.9 Å². The lowest BCUT2D eigenvalue weighted by Gasteiger charge is -2.63. The van der Waals surface area contributed by atoms with E-state index in [0.29, 0.717) is 28.3 Å². The molecule has 1 aliphatic carbocycles. The fraction of sp³-hybridized carbons (Fsp3) is 0.467. The van der Waals surface area contributed by atoms with Crippen molar-refractivity contribution in [2.24, 2.45) is 10.8 Å². The summed E-state index contributed by atoms with van der Waals surface area (Å²) in [6.07, 6.45) is 5.73. The molecule has 3 aromatic rings. The second-order valence-electron chi connectivity index (χ2n) is 11.8. The molecule has 1 fully saturated rings. The van der Waals surface area contributed by atoms with Gasteiger partial charge in [0.05, 0.1) is 41.0 Å². The summed E-state index contributed by atoms with van der Waals surface area (Å²) in [5.74, 6) is 0.410. The maximum absolute atomic E-state index is 13.2. The molecule has 224 valence electrons. The molecule has 1 amide bonds. The van der Waals surface area contributed by atoms with Crippen molar-refractivity contribution < 1.29 is 22.1 Å². The van der Waals surface area contributed by atoms with Crippen molar-refractivity contribution in [3.8, 4) is 17.5 Å². The molecular weight excluding hydrogens is 578 g/mol. The van der Waals surface area contributed by atoms with Crippen LogP contribution in [0, 0.1) is 22.2 Å². The molecular formula is C30H36ClN5O5S. The molecule has 1 N–H and O–H groups in total. The van der Waals surface area contributed by atoms with Gasteiger partial charge in [-0.05, 0) is 55.7 Å². The van der Waals surface area contributed by atoms with Gasteiger partial charge in [-0.2, -0.15) is 13.7 Å². The van der Waals surface area contributed by atoms with Crippen LogP contribution in [-0.4, -0.2) is 54.3 Å². The Labute approximate surface area is 252 Å². The first-order valence-electron chi connectivity index (χ1n) is 13.8. The number of rotatable bonds is 12. The summed E-state index contributed by atoms with van der Waals surface area (Å²) in [6.45, 7) is 8.44. The molecule has 0 atom stereocenters. The van der Waals surface area contributed by atoms with E-state index in [1.54, 1.807) is 35.0 Å². The lowest BCUT2D eigenvalue weighted by molar-refractivity contribution is -0.164. The predicted octanol–water partition coefficient (Wildman–Crippen LogP) is 5.09. The quantitative estimate of drug-likeness (QED) is 0.220. The zero-order chi connectivity index (χ0) is 30.7. The van der Waals surface area contributed by atoms with Crippen LogP contribution in [0.15, 0.2) is 48.7 Å². The molecule has 4 rings (SSSR count). The Morgan fingerprint density at radius 2 is 1.79 bits per heavy atom. The molecule has 1 heterocycles. The van der Waals surface area contributed by atoms with Crippen LogP contribution in [0.1, 0.15) is 68.6 Å². The number of nitrogens with one attached hydrogen (secondary N) is 1. The van der Waals surface area contributed by atoms with Crippen molar-refractivity contribution >= 4 is 27.6 Å². The highest BCUT2D eigenvalue weighted by Crippen LogP contribution is 2.55. The number of nitrogens with zero attached hydrogens (tertiary/aromatic N) is 4. The Morgan fingerprint density at radius 3 is 2.40 bits per heavy atom. The molecule has 0 radical (unpaired) electrons. The van der Waals surface area contributed by atoms with E-state index in [4.69, 9.17) is 25.8 Å². The van der Waals surface area contributed by atoms with Gasteiger partial charge in [-0.15, -0.1) is 5.10 Å². The number of ether oxygens (including phenoxy) is 1. The Hall–Kier alpha value is -3.46. The number of hydrogen-bond donors (Lipinski definition) is 1. The first-order valence-corrected chi connectivity index (χ1v) is 15.9. The van der Waals surface area contributed by atoms with E-state index >= 15 is 0 Å². The Kier molecular flexibility index (Phi) is 9.30. The van der Waals surface area contributed by atoms with Gasteiger partial charge < -0.3 is 10.1 Å². The average molecular weight is 614 g/mol. The molecule has 2 aromatic carbocycles. The topological polar surface area (TPSA) is 136 Å². The van der Waals surface area contributed by atoms with E-state index in [1.807, 2.05) is 24.4 Å². The number of benzene rings is 2. The van der Waals surface area contributed by atoms with Crippen LogP contribution >= 0.6 is 11.6 Å². The molecule has 0 spiro atoms. The first-order chi connectivity index (χ1) is 19.7. The highest BCUT2D eigenvalue weighted by Gasteiger charge is 2.64. The summed E-state index contributed by atoms with van der Waals surface area (Å²) in [5.41, 5.74) is 1.81. The Morgan fingerprint density at radius 1 is 1.10 bits per heavy atom. The van der Waals surface area contributed by atoms with Crippen molar-refractivity contribution in [1.29, 1.82) is 5.26 Å². The smallest absolute Gasteiger partial charge is 0.264 e. The third-order valence-corrected chi connectivity index (χ3v) is 8.65. The van der Waals surface area contributed by atoms with Crippen LogP contribution in [0.4, 0.5) is 0 Å². The van der Waals surface area contributed by atoms with Gasteiger partial charge in [-0.3, -0.25) is 8.98 Å². The number of aryl methyl sites for hydroxylation is 1. The number of nitriles is 1. The minimum absolute atomic E-state index is 0.146. The second-order valence-corrected chi connectivity index (χ2v) is 13.9. The largest absolute Gasteiger partial charge is 0.489 e. The van der Waals surface area contributed by atoms with Crippen LogP contribution in [0.5, 0.6) is 5.75 Å². The molecule has 0 saturated heterocycles. The average Bonchev–Trinajstić information content (AvgIpc) is 3.40. The molecule has 10 nitrogen and oxygen atoms in total. The van der Waals surface area contributed by atoms with Gasteiger partial charge in [-0.1, -0.05) is 50.9 Å². The lowest BCUT2D eigenvalue weighted by Crippen LogP contribution is -2.74. The van der Waals surface area contributed by atoms with E-state index in [-0.39, 0.29) is 35.5 Å². The monoisotopic (exact) mass is 613 g/mol. The second kappa shape index (κ2) is 12.4. The summed E-state index contributed by atoms with van der Waals surface area (Å²) in [4.78, 5) is 13.2. The predicted molar refractivity (Wildman–Crippen MR) is 159 cm³/mol. The standard InChI is InChI=1S/C30H36ClN5O5S/c1-29(2)27(30(3,4)28(29)41-24-15-12-21(18-32)25(31)17-24)33-26(37)20-10-13-23(14-11-20)36-19-22(34-35-36)9-7-6-8-16-40-42(5,38)39/h10-15,17,19,27-28H,6-9,16H2,1-5H3,(H,33,37). The third kappa shape index (κ3) is 7.12. The Bertz CT molecular complexity index is 1560. The molecule has 1 aromatic heterocycles. The molecule has 1 saturated carbocycles. The Balaban J connectivity index is 1.32. The van der Waals surface area contributed by atoms with Gasteiger partial charge in [0.25, 0.3) is 16.0 Å². The lowest BCUT2D eigenvalue weighted by atomic mass is 9.49. The number of carbonyl (C=O) groups is 1. The molecule has 1 aliphatic rings. The highest BCUT2D eigenvalue weighted by atomic mass is 35.5. The van der Waals surface area contributed by atoms with E-state index in [0.717, 1.165) is 36.9 Å². The SMILES string of the molecule is CC1(C)C(NC(=O)c2ccc(-n3cc(CCCCCOS(C)(=O)=O)nn3)cc2)C(C)(C)C1Oc1ccc(C#N)c(Cl)c1. The zero-order valence-electron chi connectivity index (χ0n) is 24.4. The summed E-state index contributed by atoms with van der Waals surface area (Å²) < 4.78 is 34.7. The number of amides is 1. The van der Waals surface area contributed by atoms with Crippen LogP contribution in [-0.2, 0) is 20.7 Å². The number of carbonyl (C=O) groups excluding carboxylic acids is 1. The van der Waals surface area contributed by atoms with Gasteiger partial charge >= 0.3 is 0 Å². The van der Waals surface area contributed by atoms with Crippen molar-refractivity contribution in [3.63, 3.8) is 0 Å². The van der Waals surface area contributed by atoms with E-state index < -0.39 is 10.1 Å². The van der Waals surface area contributed by atoms with Gasteiger partial charge in [0.15, 0.2) is 0 Å². The van der Waals surface area contributed by atoms with Crippen molar-refractivity contribution in [1.82, 2.24) is 20.3 Å². The van der Waals surface area contributed by atoms with E-state index in [1.165, 1.54) is 0 Å². The molecule has 12 heteroatoms. The number of aromatic nitrogens is 3. The van der Waals surface area contributed by atoms with E-state index in [2.05, 4.69) is 43.3 Å². The maximum Gasteiger partial charge on any atom is 0.264 e. The van der Waals surface area contributed by atoms with Crippen LogP contribution in [0.3, 0.4) is 0 Å². The third-order valence-electron chi connectivity index (χ3n) is 7.74. The van der Waals surface area contributed by atoms with Gasteiger partial charge in [0, 0.05) is 28.5 Å². The normalized spacial score (nSPS) is 19.0. The van der Waals surface area contributed by atoms with Crippen LogP contribution in [0.2, 0.25) is 5.02 Å². The summed E-state index contributed by atoms with van der Waals surface area (Å²) in [6, 6.07) is 14.1. The fourth-order valence-corrected chi connectivity index (χ4v) is 6.54. The van der Waals surface area contributed by atoms with E-state index in [9.17, 15) is 13.2 Å². The molecule has 0 aliphatic heterocycles. The highest BCUT2D eigenvalue weighted by molar-refractivity contribution is 7.85. The van der Waals surface area contributed by atoms with Crippen molar-refractivity contribution in [2.75, 3.05) is 12.9 Å². The summed E-state index contributed by atoms with van der Waals surface area (Å²) >= 11 is 6.19. The van der Waals surface area contributed by atoms with Crippen molar-refractivity contribution in [2.45, 2.75) is 65.5 Å². The number of halogens is 1. The minimum atomic E-state index is -3.40. The summed E-state index contributed by atoms with van der Waals surface area (Å²) in [7, 11) is -3.40. The molecule has 0 bridgehead atoms. The molecule has 0 unspecified atom stereocenters. The van der Waals surface area contributed by atoms with Crippen LogP contribution < -0.4 is 10.1 Å². The first kappa shape index (κ1) is 31.5. The van der Waals surface area contributed by atoms with Crippen molar-refractivity contribution in [3.05, 3.63) is 70.5 Å². The minimum Gasteiger partial charge on any atom is -0.489 e. The van der Waals surface area contributed by atoms with Gasteiger partial charge in [-0.25, -0.2) is 4.68 Å². The number of hydrogen-bond acceptors (Lipinski definition) is 8. The number of unbranched alkanes of at least 4 members (excludes halogenated alkanes) is 2. The van der Waals surface area contributed by atoms with Gasteiger partial charge in [0.2, 0.25) is 0 Å². The van der Waals surface area contributed by atoms with Crippen LogP contribution in [0.25, 0.3) is 5.69 Å². The molecule has 42 heavy (non-hydrogen) atoms. The summed E-state index contributed by atoms with van der Waals surface area (Å²) in [5, 5.41) is 21.1. The zero-order valence-corrected chi connectivity index (χ0v) is 26.0. The fourth-order valence-electron chi connectivity index (χ4n) is 5.91. The maximum atomic E-state index is 13.2.